The SMILES string of the molecule is CC(C)(C)c1cc(N2CN(c3cccc([Si](c4ccccc4)(c4ccccc4)c4ccc5c6cc(C(C)(c7ccccc7)c7ccccc7)ccc6n(-c6cc(C(C)(C)C)ccn6)c5c4)c3)c3ccccc32)cc(C(C)(C)C)c1. The summed E-state index contributed by atoms with van der Waals surface area (Å²) >= 11 is 0. The Morgan fingerprint density at radius 1 is 0.342 bits per heavy atom. The minimum absolute atomic E-state index is 0.00839. The van der Waals surface area contributed by atoms with Gasteiger partial charge in [-0.05, 0) is 144 Å². The van der Waals surface area contributed by atoms with E-state index in [0.29, 0.717) is 6.67 Å². The maximum Gasteiger partial charge on any atom is 0.179 e. The normalized spacial score (nSPS) is 13.3. The van der Waals surface area contributed by atoms with Gasteiger partial charge in [-0.1, -0.05) is 232 Å². The summed E-state index contributed by atoms with van der Waals surface area (Å²) in [6, 6.07) is 89.5. The highest BCUT2D eigenvalue weighted by Gasteiger charge is 2.43. The standard InChI is InChI=1S/C74H72N4Si/c1-71(2,3)54-42-43-75-70(48-54)78-66-41-38-55(74(10,52-26-15-11-16-27-52)53-28-17-12-18-29-53)47-65(66)64-40-39-63(50-69(64)78)79(60-31-19-13-20-32-60,61-33-21-14-22-34-61)62-35-25-30-58(49-62)76-51-77(68-37-24-23-36-67(68)76)59-45-56(72(4,5)6)44-57(46-59)73(7,8)9/h11-50H,51H2,1-10H3. The van der Waals surface area contributed by atoms with Crippen molar-refractivity contribution >= 4 is 73.4 Å². The lowest BCUT2D eigenvalue weighted by Crippen LogP contribution is -2.74. The van der Waals surface area contributed by atoms with Crippen LogP contribution in [0.25, 0.3) is 27.6 Å². The molecule has 0 bridgehead atoms. The van der Waals surface area contributed by atoms with E-state index in [2.05, 4.69) is 320 Å². The number of nitrogens with zero attached hydrogens (tertiary/aromatic N) is 4. The average Bonchev–Trinajstić information content (AvgIpc) is 4.02. The Balaban J connectivity index is 1.09. The molecule has 0 saturated heterocycles. The molecule has 5 heteroatoms. The van der Waals surface area contributed by atoms with Crippen LogP contribution in [0.1, 0.15) is 103 Å². The number of anilines is 4. The molecule has 12 rings (SSSR count). The number of hydrogen-bond donors (Lipinski definition) is 0. The van der Waals surface area contributed by atoms with Crippen LogP contribution in [0.15, 0.2) is 243 Å². The van der Waals surface area contributed by atoms with Gasteiger partial charge in [0.2, 0.25) is 0 Å². The highest BCUT2D eigenvalue weighted by molar-refractivity contribution is 7.20. The summed E-state index contributed by atoms with van der Waals surface area (Å²) in [6.07, 6.45) is 1.99. The zero-order valence-corrected chi connectivity index (χ0v) is 48.6. The number of para-hydroxylation sites is 2. The van der Waals surface area contributed by atoms with E-state index >= 15 is 0 Å². The third-order valence-corrected chi connectivity index (χ3v) is 21.8. The highest BCUT2D eigenvalue weighted by Crippen LogP contribution is 2.47. The van der Waals surface area contributed by atoms with E-state index in [0.717, 1.165) is 16.9 Å². The van der Waals surface area contributed by atoms with Gasteiger partial charge in [0.25, 0.3) is 0 Å². The second-order valence-electron chi connectivity index (χ2n) is 25.1. The van der Waals surface area contributed by atoms with Gasteiger partial charge < -0.3 is 9.80 Å². The van der Waals surface area contributed by atoms with E-state index < -0.39 is 13.5 Å². The molecule has 0 radical (unpaired) electrons. The van der Waals surface area contributed by atoms with Crippen molar-refractivity contribution in [2.75, 3.05) is 16.5 Å². The number of hydrogen-bond acceptors (Lipinski definition) is 3. The van der Waals surface area contributed by atoms with Crippen molar-refractivity contribution in [3.63, 3.8) is 0 Å². The van der Waals surface area contributed by atoms with Gasteiger partial charge in [-0.25, -0.2) is 4.98 Å². The summed E-state index contributed by atoms with van der Waals surface area (Å²) in [6.45, 7) is 23.9. The van der Waals surface area contributed by atoms with Crippen molar-refractivity contribution in [3.05, 3.63) is 276 Å². The van der Waals surface area contributed by atoms with Gasteiger partial charge in [0.15, 0.2) is 8.07 Å². The number of aromatic nitrogens is 2. The van der Waals surface area contributed by atoms with Gasteiger partial charge in [-0.2, -0.15) is 0 Å². The van der Waals surface area contributed by atoms with Gasteiger partial charge in [-0.3, -0.25) is 4.57 Å². The van der Waals surface area contributed by atoms with E-state index in [1.807, 2.05) is 6.20 Å². The molecule has 9 aromatic carbocycles. The van der Waals surface area contributed by atoms with Crippen LogP contribution in [0.4, 0.5) is 22.7 Å². The minimum atomic E-state index is -3.15. The molecule has 0 N–H and O–H groups in total. The van der Waals surface area contributed by atoms with Gasteiger partial charge in [-0.15, -0.1) is 0 Å². The van der Waals surface area contributed by atoms with Crippen molar-refractivity contribution in [1.29, 1.82) is 0 Å². The van der Waals surface area contributed by atoms with Crippen molar-refractivity contribution < 1.29 is 0 Å². The lowest BCUT2D eigenvalue weighted by Gasteiger charge is -2.35. The molecule has 1 aliphatic rings. The predicted octanol–water partition coefficient (Wildman–Crippen LogP) is 16.1. The molecule has 0 spiro atoms. The van der Waals surface area contributed by atoms with Crippen LogP contribution >= 0.6 is 0 Å². The molecule has 1 aliphatic heterocycles. The fourth-order valence-electron chi connectivity index (χ4n) is 12.4. The lowest BCUT2D eigenvalue weighted by molar-refractivity contribution is 0.568. The molecule has 0 amide bonds. The third kappa shape index (κ3) is 8.99. The fourth-order valence-corrected chi connectivity index (χ4v) is 17.2. The first-order chi connectivity index (χ1) is 37.9. The predicted molar refractivity (Wildman–Crippen MR) is 339 cm³/mol. The Hall–Kier alpha value is -8.25. The zero-order chi connectivity index (χ0) is 54.9. The Kier molecular flexibility index (Phi) is 12.8. The Morgan fingerprint density at radius 3 is 1.41 bits per heavy atom. The largest absolute Gasteiger partial charge is 0.321 e. The minimum Gasteiger partial charge on any atom is -0.321 e. The topological polar surface area (TPSA) is 24.3 Å². The quantitative estimate of drug-likeness (QED) is 0.101. The maximum absolute atomic E-state index is 5.23. The van der Waals surface area contributed by atoms with E-state index in [4.69, 9.17) is 4.98 Å². The molecule has 4 nitrogen and oxygen atoms in total. The zero-order valence-electron chi connectivity index (χ0n) is 47.6. The number of pyridine rings is 1. The summed E-state index contributed by atoms with van der Waals surface area (Å²) in [5.41, 5.74) is 14.3. The van der Waals surface area contributed by atoms with Crippen LogP contribution in [0.3, 0.4) is 0 Å². The van der Waals surface area contributed by atoms with Crippen LogP contribution in [-0.4, -0.2) is 24.3 Å². The molecule has 392 valence electrons. The lowest BCUT2D eigenvalue weighted by atomic mass is 9.71. The Morgan fingerprint density at radius 2 is 0.848 bits per heavy atom. The molecular formula is C74H72N4Si. The second kappa shape index (κ2) is 19.6. The summed E-state index contributed by atoms with van der Waals surface area (Å²) in [7, 11) is -3.15. The van der Waals surface area contributed by atoms with Crippen molar-refractivity contribution in [2.45, 2.75) is 90.9 Å². The Labute approximate surface area is 469 Å². The molecule has 0 saturated carbocycles. The van der Waals surface area contributed by atoms with Crippen LogP contribution in [0.2, 0.25) is 0 Å². The van der Waals surface area contributed by atoms with E-state index in [1.165, 1.54) is 87.6 Å². The van der Waals surface area contributed by atoms with Crippen LogP contribution in [0.5, 0.6) is 0 Å². The first-order valence-corrected chi connectivity index (χ1v) is 30.1. The van der Waals surface area contributed by atoms with Gasteiger partial charge in [0.1, 0.15) is 12.5 Å². The molecule has 0 atom stereocenters. The van der Waals surface area contributed by atoms with Gasteiger partial charge in [0, 0.05) is 33.8 Å². The second-order valence-corrected chi connectivity index (χ2v) is 28.9. The fraction of sp³-hybridized carbons (Fsp3) is 0.203. The molecule has 0 aliphatic carbocycles. The van der Waals surface area contributed by atoms with Crippen molar-refractivity contribution in [2.24, 2.45) is 0 Å². The van der Waals surface area contributed by atoms with Crippen molar-refractivity contribution in [1.82, 2.24) is 9.55 Å². The average molecular weight is 1050 g/mol. The molecule has 11 aromatic rings. The number of fused-ring (bicyclic) bond motifs is 4. The van der Waals surface area contributed by atoms with Gasteiger partial charge >= 0.3 is 0 Å². The van der Waals surface area contributed by atoms with Crippen LogP contribution in [0, 0.1) is 0 Å². The summed E-state index contributed by atoms with van der Waals surface area (Å²) in [5.74, 6) is 0.916. The van der Waals surface area contributed by atoms with E-state index in [9.17, 15) is 0 Å². The molecular weight excluding hydrogens is 973 g/mol. The van der Waals surface area contributed by atoms with Crippen LogP contribution < -0.4 is 30.5 Å². The monoisotopic (exact) mass is 1040 g/mol. The van der Waals surface area contributed by atoms with Crippen molar-refractivity contribution in [3.8, 4) is 5.82 Å². The molecule has 2 aromatic heterocycles. The summed E-state index contributed by atoms with van der Waals surface area (Å²) in [5, 5.41) is 7.68. The van der Waals surface area contributed by atoms with Gasteiger partial charge in [0.05, 0.1) is 22.4 Å². The Bertz CT molecular complexity index is 3900. The molecule has 0 unspecified atom stereocenters. The number of rotatable bonds is 10. The van der Waals surface area contributed by atoms with Crippen LogP contribution in [-0.2, 0) is 21.7 Å². The van der Waals surface area contributed by atoms with E-state index in [1.54, 1.807) is 0 Å². The maximum atomic E-state index is 5.23. The summed E-state index contributed by atoms with van der Waals surface area (Å²) < 4.78 is 2.44. The smallest absolute Gasteiger partial charge is 0.179 e. The molecule has 79 heavy (non-hydrogen) atoms. The first kappa shape index (κ1) is 51.5. The number of benzene rings is 9. The molecule has 3 heterocycles. The third-order valence-electron chi connectivity index (χ3n) is 17.0. The van der Waals surface area contributed by atoms with E-state index in [-0.39, 0.29) is 16.2 Å². The first-order valence-electron chi connectivity index (χ1n) is 28.1. The molecule has 0 fully saturated rings. The highest BCUT2D eigenvalue weighted by atomic mass is 28.3. The summed E-state index contributed by atoms with van der Waals surface area (Å²) in [4.78, 5) is 10.3.